The number of hydrogen-bond donors (Lipinski definition) is 0. The third-order valence-electron chi connectivity index (χ3n) is 8.05. The number of benzene rings is 2. The van der Waals surface area contributed by atoms with Crippen molar-refractivity contribution in [1.29, 1.82) is 0 Å². The highest BCUT2D eigenvalue weighted by molar-refractivity contribution is 8.27. The van der Waals surface area contributed by atoms with Crippen molar-refractivity contribution in [2.45, 2.75) is 43.9 Å². The number of hydrogen-bond acceptors (Lipinski definition) is 4. The normalized spacial score (nSPS) is 31.6. The van der Waals surface area contributed by atoms with Gasteiger partial charge in [0, 0.05) is 5.56 Å². The van der Waals surface area contributed by atoms with Crippen molar-refractivity contribution in [2.75, 3.05) is 12.0 Å². The van der Waals surface area contributed by atoms with E-state index in [1.807, 2.05) is 12.1 Å². The second-order valence-electron chi connectivity index (χ2n) is 10.1. The van der Waals surface area contributed by atoms with E-state index in [0.29, 0.717) is 9.23 Å². The predicted molar refractivity (Wildman–Crippen MR) is 135 cm³/mol. The van der Waals surface area contributed by atoms with Gasteiger partial charge in [0.15, 0.2) is 4.32 Å². The SMILES string of the molecule is COc1ccc(C23CC4CC(CC(C4)C2)C3)cc1/C=C1\SC(=S)N(c2ccccc2F)C1=O. The van der Waals surface area contributed by atoms with E-state index in [1.54, 1.807) is 25.3 Å². The van der Waals surface area contributed by atoms with Gasteiger partial charge < -0.3 is 4.74 Å². The van der Waals surface area contributed by atoms with Gasteiger partial charge in [-0.25, -0.2) is 4.39 Å². The first kappa shape index (κ1) is 21.4. The molecule has 0 aromatic heterocycles. The lowest BCUT2D eigenvalue weighted by molar-refractivity contribution is -0.113. The van der Waals surface area contributed by atoms with Crippen LogP contribution in [0.3, 0.4) is 0 Å². The van der Waals surface area contributed by atoms with E-state index in [0.717, 1.165) is 29.1 Å². The molecule has 170 valence electrons. The number of para-hydroxylation sites is 1. The molecule has 0 atom stereocenters. The van der Waals surface area contributed by atoms with Crippen LogP contribution in [-0.4, -0.2) is 17.3 Å². The first-order valence-corrected chi connectivity index (χ1v) is 12.9. The topological polar surface area (TPSA) is 29.5 Å². The summed E-state index contributed by atoms with van der Waals surface area (Å²) < 4.78 is 20.4. The molecule has 3 nitrogen and oxygen atoms in total. The van der Waals surface area contributed by atoms with Gasteiger partial charge in [0.2, 0.25) is 0 Å². The molecule has 5 fully saturated rings. The molecule has 0 radical (unpaired) electrons. The zero-order valence-corrected chi connectivity index (χ0v) is 20.2. The van der Waals surface area contributed by atoms with E-state index in [-0.39, 0.29) is 17.0 Å². The summed E-state index contributed by atoms with van der Waals surface area (Å²) >= 11 is 6.66. The highest BCUT2D eigenvalue weighted by Gasteiger charge is 2.51. The van der Waals surface area contributed by atoms with Gasteiger partial charge in [-0.3, -0.25) is 9.69 Å². The Morgan fingerprint density at radius 3 is 2.39 bits per heavy atom. The Kier molecular flexibility index (Phi) is 5.15. The fourth-order valence-electron chi connectivity index (χ4n) is 7.09. The molecule has 2 aromatic carbocycles. The minimum absolute atomic E-state index is 0.192. The van der Waals surface area contributed by atoms with Crippen molar-refractivity contribution in [2.24, 2.45) is 17.8 Å². The van der Waals surface area contributed by atoms with Crippen LogP contribution >= 0.6 is 24.0 Å². The molecule has 33 heavy (non-hydrogen) atoms. The molecular weight excluding hydrogens is 453 g/mol. The van der Waals surface area contributed by atoms with Crippen LogP contribution in [0.25, 0.3) is 6.08 Å². The Hall–Kier alpha value is -2.18. The fourth-order valence-corrected chi connectivity index (χ4v) is 8.37. The van der Waals surface area contributed by atoms with Gasteiger partial charge in [-0.15, -0.1) is 0 Å². The van der Waals surface area contributed by atoms with E-state index in [9.17, 15) is 9.18 Å². The summed E-state index contributed by atoms with van der Waals surface area (Å²) in [7, 11) is 1.65. The number of methoxy groups -OCH3 is 1. The molecule has 1 aliphatic heterocycles. The lowest BCUT2D eigenvalue weighted by Gasteiger charge is -2.57. The largest absolute Gasteiger partial charge is 0.496 e. The predicted octanol–water partition coefficient (Wildman–Crippen LogP) is 6.71. The van der Waals surface area contributed by atoms with Gasteiger partial charge >= 0.3 is 0 Å². The zero-order chi connectivity index (χ0) is 22.7. The monoisotopic (exact) mass is 479 g/mol. The average molecular weight is 480 g/mol. The lowest BCUT2D eigenvalue weighted by atomic mass is 9.48. The summed E-state index contributed by atoms with van der Waals surface area (Å²) in [5.41, 5.74) is 2.71. The molecule has 5 aliphatic rings. The number of carbonyl (C=O) groups is 1. The summed E-state index contributed by atoms with van der Waals surface area (Å²) in [4.78, 5) is 15.0. The highest BCUT2D eigenvalue weighted by Crippen LogP contribution is 2.61. The molecule has 0 N–H and O–H groups in total. The minimum Gasteiger partial charge on any atom is -0.496 e. The van der Waals surface area contributed by atoms with Gasteiger partial charge in [-0.05, 0) is 97.6 Å². The van der Waals surface area contributed by atoms with Gasteiger partial charge in [0.25, 0.3) is 5.91 Å². The summed E-state index contributed by atoms with van der Waals surface area (Å²) in [6.07, 6.45) is 9.91. The Bertz CT molecular complexity index is 1160. The van der Waals surface area contributed by atoms with Crippen LogP contribution < -0.4 is 9.64 Å². The van der Waals surface area contributed by atoms with Crippen molar-refractivity contribution >= 4 is 46.0 Å². The van der Waals surface area contributed by atoms with Crippen molar-refractivity contribution in [3.63, 3.8) is 0 Å². The maximum atomic E-state index is 14.4. The van der Waals surface area contributed by atoms with Crippen LogP contribution in [0.1, 0.15) is 49.7 Å². The fraction of sp³-hybridized carbons (Fsp3) is 0.407. The number of halogens is 1. The molecule has 1 saturated heterocycles. The Morgan fingerprint density at radius 1 is 1.09 bits per heavy atom. The molecule has 6 heteroatoms. The maximum Gasteiger partial charge on any atom is 0.270 e. The molecular formula is C27H26FNO2S2. The minimum atomic E-state index is -0.462. The number of rotatable bonds is 4. The van der Waals surface area contributed by atoms with Crippen LogP contribution in [0.15, 0.2) is 47.4 Å². The molecule has 2 aromatic rings. The first-order chi connectivity index (χ1) is 16.0. The van der Waals surface area contributed by atoms with E-state index in [4.69, 9.17) is 17.0 Å². The molecule has 4 saturated carbocycles. The van der Waals surface area contributed by atoms with Crippen molar-refractivity contribution in [3.05, 3.63) is 64.3 Å². The number of carbonyl (C=O) groups excluding carboxylic acids is 1. The number of amides is 1. The zero-order valence-electron chi connectivity index (χ0n) is 18.6. The summed E-state index contributed by atoms with van der Waals surface area (Å²) in [6.45, 7) is 0. The Labute approximate surface area is 203 Å². The lowest BCUT2D eigenvalue weighted by Crippen LogP contribution is -2.48. The van der Waals surface area contributed by atoms with Gasteiger partial charge in [-0.1, -0.05) is 42.2 Å². The average Bonchev–Trinajstić information content (AvgIpc) is 3.06. The first-order valence-electron chi connectivity index (χ1n) is 11.7. The van der Waals surface area contributed by atoms with Crippen LogP contribution in [0, 0.1) is 23.6 Å². The smallest absolute Gasteiger partial charge is 0.270 e. The number of thiocarbonyl (C=S) groups is 1. The summed E-state index contributed by atoms with van der Waals surface area (Å²) in [5, 5.41) is 0. The van der Waals surface area contributed by atoms with E-state index in [1.165, 1.54) is 66.8 Å². The number of ether oxygens (including phenoxy) is 1. The second-order valence-corrected chi connectivity index (χ2v) is 11.8. The molecule has 4 aliphatic carbocycles. The number of anilines is 1. The van der Waals surface area contributed by atoms with E-state index >= 15 is 0 Å². The van der Waals surface area contributed by atoms with Crippen molar-refractivity contribution < 1.29 is 13.9 Å². The third-order valence-corrected chi connectivity index (χ3v) is 9.36. The summed E-state index contributed by atoms with van der Waals surface area (Å²) in [5.74, 6) is 2.56. The number of nitrogens with zero attached hydrogens (tertiary/aromatic N) is 1. The molecule has 7 rings (SSSR count). The Morgan fingerprint density at radius 2 is 1.76 bits per heavy atom. The van der Waals surface area contributed by atoms with Crippen molar-refractivity contribution in [3.8, 4) is 5.75 Å². The van der Waals surface area contributed by atoms with Gasteiger partial charge in [-0.2, -0.15) is 0 Å². The van der Waals surface area contributed by atoms with E-state index in [2.05, 4.69) is 12.1 Å². The molecule has 1 heterocycles. The van der Waals surface area contributed by atoms with Gasteiger partial charge in [0.1, 0.15) is 11.6 Å². The van der Waals surface area contributed by atoms with Crippen LogP contribution in [0.5, 0.6) is 5.75 Å². The quantitative estimate of drug-likeness (QED) is 0.360. The molecule has 4 bridgehead atoms. The molecule has 0 spiro atoms. The standard InChI is InChI=1S/C27H26FNO2S2/c1-31-23-7-6-20(27-13-16-8-17(14-27)10-18(9-16)15-27)11-19(23)12-24-25(30)29(26(32)33-24)22-5-3-2-4-21(22)28/h2-7,11-12,16-18H,8-10,13-15H2,1H3/b24-12-. The maximum absolute atomic E-state index is 14.4. The summed E-state index contributed by atoms with van der Waals surface area (Å²) in [6, 6.07) is 12.7. The van der Waals surface area contributed by atoms with Gasteiger partial charge in [0.05, 0.1) is 17.7 Å². The van der Waals surface area contributed by atoms with Crippen LogP contribution in [0.4, 0.5) is 10.1 Å². The molecule has 0 unspecified atom stereocenters. The highest BCUT2D eigenvalue weighted by atomic mass is 32.2. The number of thioether (sulfide) groups is 1. The second kappa shape index (κ2) is 7.95. The Balaban J connectivity index is 1.36. The van der Waals surface area contributed by atoms with Crippen molar-refractivity contribution in [1.82, 2.24) is 0 Å². The third kappa shape index (κ3) is 3.53. The molecule has 1 amide bonds. The van der Waals surface area contributed by atoms with Crippen LogP contribution in [-0.2, 0) is 10.2 Å². The van der Waals surface area contributed by atoms with E-state index < -0.39 is 5.82 Å². The van der Waals surface area contributed by atoms with Crippen LogP contribution in [0.2, 0.25) is 0 Å².